The van der Waals surface area contributed by atoms with E-state index in [9.17, 15) is 61.0 Å². The summed E-state index contributed by atoms with van der Waals surface area (Å²) < 4.78 is 33.7. The van der Waals surface area contributed by atoms with E-state index >= 15 is 0 Å². The normalized spacial score (nSPS) is 37.3. The van der Waals surface area contributed by atoms with Gasteiger partial charge in [-0.05, 0) is 19.3 Å². The van der Waals surface area contributed by atoms with Crippen molar-refractivity contribution in [2.75, 3.05) is 26.4 Å². The molecule has 0 radical (unpaired) electrons. The van der Waals surface area contributed by atoms with E-state index in [4.69, 9.17) is 28.4 Å². The highest BCUT2D eigenvalue weighted by Crippen LogP contribution is 2.32. The number of aliphatic hydroxyl groups is 11. The van der Waals surface area contributed by atoms with Crippen LogP contribution >= 0.6 is 0 Å². The summed E-state index contributed by atoms with van der Waals surface area (Å²) in [4.78, 5) is 12.8. The minimum Gasteiger partial charge on any atom is -0.394 e. The van der Waals surface area contributed by atoms with Gasteiger partial charge in [-0.15, -0.1) is 0 Å². The van der Waals surface area contributed by atoms with Crippen LogP contribution in [0, 0.1) is 0 Å². The summed E-state index contributed by atoms with van der Waals surface area (Å²) in [6.07, 6.45) is -12.1. The third-order valence-corrected chi connectivity index (χ3v) is 10.6. The molecule has 3 aliphatic heterocycles. The summed E-state index contributed by atoms with van der Waals surface area (Å²) in [5, 5.41) is 118. The second-order valence-electron chi connectivity index (χ2n) is 15.1. The minimum atomic E-state index is -1.97. The van der Waals surface area contributed by atoms with Gasteiger partial charge in [0, 0.05) is 6.42 Å². The summed E-state index contributed by atoms with van der Waals surface area (Å²) in [7, 11) is 0. The SMILES string of the molecule is CCCCCCCC/C=C/C(O)C(COC1OC(CO)C(OC2OC(CO)C(OC3OC(CO)C(O)C(O)C3O)C(O)C2O)C(O)C1O)NC(=O)CCCCCC. The maximum Gasteiger partial charge on any atom is 0.220 e. The first-order chi connectivity index (χ1) is 27.3. The molecule has 0 spiro atoms. The predicted molar refractivity (Wildman–Crippen MR) is 199 cm³/mol. The van der Waals surface area contributed by atoms with E-state index < -0.39 is 124 Å². The van der Waals surface area contributed by atoms with Gasteiger partial charge in [0.05, 0.1) is 38.6 Å². The molecular formula is C38H69NO18. The zero-order chi connectivity index (χ0) is 42.1. The average Bonchev–Trinajstić information content (AvgIpc) is 3.20. The van der Waals surface area contributed by atoms with E-state index in [0.717, 1.165) is 51.4 Å². The molecule has 0 bridgehead atoms. The fourth-order valence-electron chi connectivity index (χ4n) is 7.01. The molecule has 3 rings (SSSR count). The molecule has 19 nitrogen and oxygen atoms in total. The van der Waals surface area contributed by atoms with Crippen molar-refractivity contribution in [2.45, 2.75) is 195 Å². The number of amides is 1. The zero-order valence-corrected chi connectivity index (χ0v) is 33.1. The number of hydrogen-bond donors (Lipinski definition) is 12. The highest BCUT2D eigenvalue weighted by atomic mass is 16.8. The van der Waals surface area contributed by atoms with Crippen LogP contribution in [0.3, 0.4) is 0 Å². The van der Waals surface area contributed by atoms with Crippen LogP contribution in [0.2, 0.25) is 0 Å². The number of hydrogen-bond acceptors (Lipinski definition) is 18. The third-order valence-electron chi connectivity index (χ3n) is 10.6. The highest BCUT2D eigenvalue weighted by molar-refractivity contribution is 5.76. The van der Waals surface area contributed by atoms with E-state index in [1.807, 2.05) is 6.08 Å². The third kappa shape index (κ3) is 14.6. The van der Waals surface area contributed by atoms with Gasteiger partial charge in [-0.3, -0.25) is 4.79 Å². The van der Waals surface area contributed by atoms with Gasteiger partial charge in [0.2, 0.25) is 5.91 Å². The first kappa shape index (κ1) is 49.9. The predicted octanol–water partition coefficient (Wildman–Crippen LogP) is -2.43. The van der Waals surface area contributed by atoms with Gasteiger partial charge in [-0.1, -0.05) is 77.4 Å². The molecule has 3 fully saturated rings. The number of carbonyl (C=O) groups excluding carboxylic acids is 1. The molecule has 0 saturated carbocycles. The molecule has 0 aromatic rings. The van der Waals surface area contributed by atoms with Crippen LogP contribution in [-0.2, 0) is 33.2 Å². The Hall–Kier alpha value is -1.47. The molecule has 3 heterocycles. The average molecular weight is 828 g/mol. The lowest BCUT2D eigenvalue weighted by Gasteiger charge is -2.48. The van der Waals surface area contributed by atoms with Crippen molar-refractivity contribution in [1.29, 1.82) is 0 Å². The summed E-state index contributed by atoms with van der Waals surface area (Å²) in [6.45, 7) is 1.45. The van der Waals surface area contributed by atoms with Crippen molar-refractivity contribution >= 4 is 5.91 Å². The first-order valence-corrected chi connectivity index (χ1v) is 20.4. The molecule has 1 amide bonds. The van der Waals surface area contributed by atoms with Crippen molar-refractivity contribution < 1.29 is 89.4 Å². The van der Waals surface area contributed by atoms with Crippen LogP contribution in [0.15, 0.2) is 12.2 Å². The van der Waals surface area contributed by atoms with Crippen molar-refractivity contribution in [3.8, 4) is 0 Å². The van der Waals surface area contributed by atoms with Gasteiger partial charge in [-0.2, -0.15) is 0 Å². The Balaban J connectivity index is 1.64. The van der Waals surface area contributed by atoms with Gasteiger partial charge in [0.1, 0.15) is 73.2 Å². The van der Waals surface area contributed by atoms with Crippen LogP contribution in [0.1, 0.15) is 90.9 Å². The fourth-order valence-corrected chi connectivity index (χ4v) is 7.01. The molecule has 12 N–H and O–H groups in total. The highest BCUT2D eigenvalue weighted by Gasteiger charge is 2.53. The second kappa shape index (κ2) is 26.0. The van der Waals surface area contributed by atoms with Crippen LogP contribution in [0.5, 0.6) is 0 Å². The lowest BCUT2D eigenvalue weighted by atomic mass is 9.96. The fraction of sp³-hybridized carbons (Fsp3) is 0.921. The number of carbonyl (C=O) groups is 1. The van der Waals surface area contributed by atoms with Crippen molar-refractivity contribution in [3.05, 3.63) is 12.2 Å². The van der Waals surface area contributed by atoms with Gasteiger partial charge in [0.15, 0.2) is 18.9 Å². The summed E-state index contributed by atoms with van der Waals surface area (Å²) >= 11 is 0. The van der Waals surface area contributed by atoms with Crippen LogP contribution in [-0.4, -0.2) is 193 Å². The smallest absolute Gasteiger partial charge is 0.220 e. The first-order valence-electron chi connectivity index (χ1n) is 20.4. The van der Waals surface area contributed by atoms with E-state index in [1.165, 1.54) is 12.8 Å². The molecule has 0 aromatic carbocycles. The number of allylic oxidation sites excluding steroid dienone is 1. The van der Waals surface area contributed by atoms with E-state index in [1.54, 1.807) is 6.08 Å². The molecule has 19 heteroatoms. The van der Waals surface area contributed by atoms with Crippen molar-refractivity contribution in [1.82, 2.24) is 5.32 Å². The maximum atomic E-state index is 12.8. The summed E-state index contributed by atoms with van der Waals surface area (Å²) in [6, 6.07) is -0.959. The van der Waals surface area contributed by atoms with E-state index in [2.05, 4.69) is 19.2 Å². The molecule has 0 aromatic heterocycles. The van der Waals surface area contributed by atoms with Crippen LogP contribution < -0.4 is 5.32 Å². The molecule has 17 unspecified atom stereocenters. The van der Waals surface area contributed by atoms with Crippen LogP contribution in [0.25, 0.3) is 0 Å². The van der Waals surface area contributed by atoms with Crippen molar-refractivity contribution in [2.24, 2.45) is 0 Å². The number of ether oxygens (including phenoxy) is 6. The molecule has 334 valence electrons. The molecule has 0 aliphatic carbocycles. The topological polar surface area (TPSA) is 307 Å². The van der Waals surface area contributed by atoms with Gasteiger partial charge in [-0.25, -0.2) is 0 Å². The van der Waals surface area contributed by atoms with Gasteiger partial charge < -0.3 is 89.9 Å². The van der Waals surface area contributed by atoms with Crippen molar-refractivity contribution in [3.63, 3.8) is 0 Å². The largest absolute Gasteiger partial charge is 0.394 e. The molecule has 3 aliphatic rings. The monoisotopic (exact) mass is 827 g/mol. The Morgan fingerprint density at radius 2 is 1.09 bits per heavy atom. The quantitative estimate of drug-likeness (QED) is 0.0337. The van der Waals surface area contributed by atoms with E-state index in [0.29, 0.717) is 6.42 Å². The maximum absolute atomic E-state index is 12.8. The minimum absolute atomic E-state index is 0.235. The second-order valence-corrected chi connectivity index (χ2v) is 15.1. The number of rotatable bonds is 25. The number of aliphatic hydroxyl groups excluding tert-OH is 11. The van der Waals surface area contributed by atoms with Gasteiger partial charge >= 0.3 is 0 Å². The Morgan fingerprint density at radius 1 is 0.614 bits per heavy atom. The van der Waals surface area contributed by atoms with E-state index in [-0.39, 0.29) is 18.9 Å². The Bertz CT molecular complexity index is 1130. The van der Waals surface area contributed by atoms with Gasteiger partial charge in [0.25, 0.3) is 0 Å². The van der Waals surface area contributed by atoms with Crippen LogP contribution in [0.4, 0.5) is 0 Å². The molecule has 17 atom stereocenters. The molecule has 57 heavy (non-hydrogen) atoms. The lowest BCUT2D eigenvalue weighted by molar-refractivity contribution is -0.379. The molecule has 3 saturated heterocycles. The number of unbranched alkanes of at least 4 members (excludes halogenated alkanes) is 9. The number of nitrogens with one attached hydrogen (secondary N) is 1. The Morgan fingerprint density at radius 3 is 1.65 bits per heavy atom. The standard InChI is InChI=1S/C38H69NO18/c1-3-5-7-9-10-11-12-13-15-22(43)21(39-26(44)16-14-8-6-4-2)20-52-36-32(50)29(47)34(24(18-41)54-36)57-38-33(51)30(48)35(25(19-42)55-38)56-37-31(49)28(46)27(45)23(17-40)53-37/h13,15,21-25,27-38,40-43,45-51H,3-12,14,16-20H2,1-2H3,(H,39,44)/b15-13+. The Labute approximate surface area is 334 Å². The summed E-state index contributed by atoms with van der Waals surface area (Å²) in [5.74, 6) is -0.301. The molecular weight excluding hydrogens is 758 g/mol. The lowest BCUT2D eigenvalue weighted by Crippen LogP contribution is -2.66. The summed E-state index contributed by atoms with van der Waals surface area (Å²) in [5.41, 5.74) is 0. The zero-order valence-electron chi connectivity index (χ0n) is 33.1. The Kier molecular flexibility index (Phi) is 22.8.